The van der Waals surface area contributed by atoms with E-state index in [2.05, 4.69) is 10.2 Å². The van der Waals surface area contributed by atoms with Crippen LogP contribution in [0.2, 0.25) is 4.34 Å². The predicted molar refractivity (Wildman–Crippen MR) is 101 cm³/mol. The summed E-state index contributed by atoms with van der Waals surface area (Å²) in [5.74, 6) is -0.439. The smallest absolute Gasteiger partial charge is 0.266 e. The van der Waals surface area contributed by atoms with Crippen LogP contribution >= 0.6 is 22.9 Å². The van der Waals surface area contributed by atoms with Gasteiger partial charge >= 0.3 is 0 Å². The van der Waals surface area contributed by atoms with Gasteiger partial charge < -0.3 is 15.0 Å². The highest BCUT2D eigenvalue weighted by atomic mass is 35.5. The number of nitrogens with one attached hydrogen (secondary N) is 1. The van der Waals surface area contributed by atoms with Gasteiger partial charge in [0.25, 0.3) is 5.91 Å². The number of carbonyl (C=O) groups excluding carboxylic acids is 1. The topological polar surface area (TPSA) is 65.4 Å². The van der Waals surface area contributed by atoms with E-state index in [0.717, 1.165) is 36.9 Å². The van der Waals surface area contributed by atoms with Gasteiger partial charge in [-0.25, -0.2) is 0 Å². The van der Waals surface area contributed by atoms with E-state index >= 15 is 0 Å². The number of nitrogens with zero attached hydrogens (tertiary/aromatic N) is 2. The normalized spacial score (nSPS) is 14.9. The van der Waals surface area contributed by atoms with Crippen LogP contribution in [-0.4, -0.2) is 32.2 Å². The van der Waals surface area contributed by atoms with Crippen molar-refractivity contribution >= 4 is 46.3 Å². The molecule has 1 amide bonds. The summed E-state index contributed by atoms with van der Waals surface area (Å²) in [6, 6.07) is 13.0. The number of morpholine rings is 1. The molecular formula is C18H16ClN3O2S. The highest BCUT2D eigenvalue weighted by Crippen LogP contribution is 2.24. The molecule has 25 heavy (non-hydrogen) atoms. The van der Waals surface area contributed by atoms with Gasteiger partial charge in [-0.05, 0) is 42.5 Å². The lowest BCUT2D eigenvalue weighted by Crippen LogP contribution is -2.36. The zero-order valence-electron chi connectivity index (χ0n) is 13.4. The van der Waals surface area contributed by atoms with Crippen LogP contribution < -0.4 is 10.2 Å². The molecule has 0 saturated carbocycles. The molecule has 1 aromatic heterocycles. The number of amides is 1. The average molecular weight is 374 g/mol. The molecule has 0 radical (unpaired) electrons. The average Bonchev–Trinajstić information content (AvgIpc) is 3.06. The molecule has 1 aliphatic heterocycles. The molecule has 7 heteroatoms. The summed E-state index contributed by atoms with van der Waals surface area (Å²) in [6.45, 7) is 3.16. The molecule has 1 fully saturated rings. The summed E-state index contributed by atoms with van der Waals surface area (Å²) in [5.41, 5.74) is 1.77. The third-order valence-corrected chi connectivity index (χ3v) is 4.93. The summed E-state index contributed by atoms with van der Waals surface area (Å²) < 4.78 is 5.96. The second kappa shape index (κ2) is 8.17. The molecule has 0 aliphatic carbocycles. The van der Waals surface area contributed by atoms with Crippen molar-refractivity contribution in [3.8, 4) is 6.07 Å². The van der Waals surface area contributed by atoms with Gasteiger partial charge in [-0.2, -0.15) is 5.26 Å². The Morgan fingerprint density at radius 2 is 1.96 bits per heavy atom. The van der Waals surface area contributed by atoms with Gasteiger partial charge in [-0.1, -0.05) is 11.6 Å². The highest BCUT2D eigenvalue weighted by molar-refractivity contribution is 7.17. The van der Waals surface area contributed by atoms with Crippen LogP contribution in [-0.2, 0) is 9.53 Å². The lowest BCUT2D eigenvalue weighted by Gasteiger charge is -2.28. The lowest BCUT2D eigenvalue weighted by molar-refractivity contribution is -0.112. The molecule has 2 heterocycles. The lowest BCUT2D eigenvalue weighted by atomic mass is 10.2. The van der Waals surface area contributed by atoms with Crippen molar-refractivity contribution in [3.05, 3.63) is 51.2 Å². The van der Waals surface area contributed by atoms with Gasteiger partial charge in [0.05, 0.1) is 17.6 Å². The Bertz CT molecular complexity index is 818. The van der Waals surface area contributed by atoms with Crippen molar-refractivity contribution in [2.45, 2.75) is 0 Å². The molecule has 5 nitrogen and oxygen atoms in total. The van der Waals surface area contributed by atoms with E-state index in [4.69, 9.17) is 16.3 Å². The van der Waals surface area contributed by atoms with Crippen LogP contribution in [0.5, 0.6) is 0 Å². The number of nitriles is 1. The molecule has 0 atom stereocenters. The molecule has 1 saturated heterocycles. The number of hydrogen-bond donors (Lipinski definition) is 1. The molecule has 0 spiro atoms. The first kappa shape index (κ1) is 17.5. The van der Waals surface area contributed by atoms with Crippen LogP contribution in [0.25, 0.3) is 6.08 Å². The summed E-state index contributed by atoms with van der Waals surface area (Å²) in [7, 11) is 0. The quantitative estimate of drug-likeness (QED) is 0.654. The number of halogens is 1. The SMILES string of the molecule is N#C/C(=C\c1ccc(Cl)s1)C(=O)Nc1ccc(N2CCOCC2)cc1. The predicted octanol–water partition coefficient (Wildman–Crippen LogP) is 3.78. The minimum Gasteiger partial charge on any atom is -0.378 e. The van der Waals surface area contributed by atoms with Crippen molar-refractivity contribution < 1.29 is 9.53 Å². The minimum atomic E-state index is -0.439. The minimum absolute atomic E-state index is 0.0378. The Kier molecular flexibility index (Phi) is 5.71. The van der Waals surface area contributed by atoms with Crippen LogP contribution in [0.1, 0.15) is 4.88 Å². The zero-order valence-corrected chi connectivity index (χ0v) is 14.9. The maximum atomic E-state index is 12.3. The second-order valence-corrected chi connectivity index (χ2v) is 7.16. The van der Waals surface area contributed by atoms with Crippen molar-refractivity contribution in [2.24, 2.45) is 0 Å². The van der Waals surface area contributed by atoms with E-state index in [1.807, 2.05) is 30.3 Å². The number of anilines is 2. The number of carbonyl (C=O) groups is 1. The van der Waals surface area contributed by atoms with Crippen molar-refractivity contribution in [1.29, 1.82) is 5.26 Å². The Hall–Kier alpha value is -2.33. The first-order chi connectivity index (χ1) is 12.2. The van der Waals surface area contributed by atoms with E-state index < -0.39 is 5.91 Å². The molecule has 2 aromatic rings. The van der Waals surface area contributed by atoms with Gasteiger partial charge in [0, 0.05) is 29.3 Å². The van der Waals surface area contributed by atoms with E-state index in [9.17, 15) is 10.1 Å². The Morgan fingerprint density at radius 1 is 1.24 bits per heavy atom. The maximum Gasteiger partial charge on any atom is 0.266 e. The largest absolute Gasteiger partial charge is 0.378 e. The fraction of sp³-hybridized carbons (Fsp3) is 0.222. The van der Waals surface area contributed by atoms with Crippen LogP contribution in [0.15, 0.2) is 42.0 Å². The van der Waals surface area contributed by atoms with E-state index in [1.54, 1.807) is 12.1 Å². The van der Waals surface area contributed by atoms with Gasteiger partial charge in [0.1, 0.15) is 11.6 Å². The first-order valence-corrected chi connectivity index (χ1v) is 8.96. The van der Waals surface area contributed by atoms with Gasteiger partial charge in [-0.3, -0.25) is 4.79 Å². The van der Waals surface area contributed by atoms with E-state index in [1.165, 1.54) is 17.4 Å². The molecule has 128 valence electrons. The monoisotopic (exact) mass is 373 g/mol. The molecule has 1 aliphatic rings. The number of rotatable bonds is 4. The van der Waals surface area contributed by atoms with E-state index in [-0.39, 0.29) is 5.57 Å². The van der Waals surface area contributed by atoms with Gasteiger partial charge in [0.2, 0.25) is 0 Å². The zero-order chi connectivity index (χ0) is 17.6. The molecule has 1 aromatic carbocycles. The van der Waals surface area contributed by atoms with Crippen molar-refractivity contribution in [3.63, 3.8) is 0 Å². The Morgan fingerprint density at radius 3 is 2.56 bits per heavy atom. The molecule has 0 unspecified atom stereocenters. The fourth-order valence-electron chi connectivity index (χ4n) is 2.47. The van der Waals surface area contributed by atoms with E-state index in [0.29, 0.717) is 10.0 Å². The summed E-state index contributed by atoms with van der Waals surface area (Å²) >= 11 is 7.18. The number of ether oxygens (including phenoxy) is 1. The summed E-state index contributed by atoms with van der Waals surface area (Å²) in [4.78, 5) is 15.3. The van der Waals surface area contributed by atoms with Crippen LogP contribution in [0, 0.1) is 11.3 Å². The first-order valence-electron chi connectivity index (χ1n) is 7.77. The standard InChI is InChI=1S/C18H16ClN3O2S/c19-17-6-5-16(25-17)11-13(12-20)18(23)21-14-1-3-15(4-2-14)22-7-9-24-10-8-22/h1-6,11H,7-10H2,(H,21,23)/b13-11+. The number of thiophene rings is 1. The van der Waals surface area contributed by atoms with Gasteiger partial charge in [0.15, 0.2) is 0 Å². The number of benzene rings is 1. The third kappa shape index (κ3) is 4.60. The van der Waals surface area contributed by atoms with Crippen LogP contribution in [0.4, 0.5) is 11.4 Å². The fourth-order valence-corrected chi connectivity index (χ4v) is 3.48. The number of hydrogen-bond acceptors (Lipinski definition) is 5. The molecule has 0 bridgehead atoms. The maximum absolute atomic E-state index is 12.3. The Balaban J connectivity index is 1.67. The van der Waals surface area contributed by atoms with Crippen LogP contribution in [0.3, 0.4) is 0 Å². The van der Waals surface area contributed by atoms with Crippen molar-refractivity contribution in [1.82, 2.24) is 0 Å². The molecule has 3 rings (SSSR count). The third-order valence-electron chi connectivity index (χ3n) is 3.75. The highest BCUT2D eigenvalue weighted by Gasteiger charge is 2.13. The molecular weight excluding hydrogens is 358 g/mol. The summed E-state index contributed by atoms with van der Waals surface area (Å²) in [6.07, 6.45) is 1.54. The van der Waals surface area contributed by atoms with Gasteiger partial charge in [-0.15, -0.1) is 11.3 Å². The van der Waals surface area contributed by atoms with Crippen molar-refractivity contribution in [2.75, 3.05) is 36.5 Å². The Labute approximate surface area is 155 Å². The molecule has 1 N–H and O–H groups in total. The summed E-state index contributed by atoms with van der Waals surface area (Å²) in [5, 5.41) is 12.0. The second-order valence-electron chi connectivity index (χ2n) is 5.41.